The predicted octanol–water partition coefficient (Wildman–Crippen LogP) is 2.01. The van der Waals surface area contributed by atoms with Crippen molar-refractivity contribution in [1.82, 2.24) is 0 Å². The molecule has 1 atom stereocenters. The van der Waals surface area contributed by atoms with Gasteiger partial charge in [-0.1, -0.05) is 38.1 Å². The third-order valence-corrected chi connectivity index (χ3v) is 2.77. The van der Waals surface area contributed by atoms with E-state index in [1.54, 1.807) is 0 Å². The van der Waals surface area contributed by atoms with Gasteiger partial charge in [0.15, 0.2) is 0 Å². The van der Waals surface area contributed by atoms with E-state index < -0.39 is 0 Å². The van der Waals surface area contributed by atoms with Gasteiger partial charge in [0.05, 0.1) is 0 Å². The monoisotopic (exact) mass is 193 g/mol. The van der Waals surface area contributed by atoms with Crippen molar-refractivity contribution in [2.75, 3.05) is 6.61 Å². The van der Waals surface area contributed by atoms with Gasteiger partial charge >= 0.3 is 0 Å². The Kier molecular flexibility index (Phi) is 3.29. The smallest absolute Gasteiger partial charge is 0.0500 e. The summed E-state index contributed by atoms with van der Waals surface area (Å²) in [6, 6.07) is 7.93. The van der Waals surface area contributed by atoms with Gasteiger partial charge in [0.1, 0.15) is 0 Å². The first-order valence-electron chi connectivity index (χ1n) is 4.91. The summed E-state index contributed by atoms with van der Waals surface area (Å²) in [5, 5.41) is 9.24. The maximum Gasteiger partial charge on any atom is 0.0500 e. The predicted molar refractivity (Wildman–Crippen MR) is 59.0 cm³/mol. The highest BCUT2D eigenvalue weighted by atomic mass is 16.3. The molecular weight excluding hydrogens is 174 g/mol. The largest absolute Gasteiger partial charge is 0.396 e. The molecule has 0 aliphatic rings. The number of nitrogens with two attached hydrogens (primary N) is 1. The quantitative estimate of drug-likeness (QED) is 0.771. The van der Waals surface area contributed by atoms with Gasteiger partial charge in [-0.05, 0) is 18.1 Å². The Bertz CT molecular complexity index is 307. The average Bonchev–Trinajstić information content (AvgIpc) is 2.17. The molecule has 0 heterocycles. The molecular formula is C12H19NO. The molecule has 1 aromatic carbocycles. The van der Waals surface area contributed by atoms with E-state index in [1.807, 2.05) is 45.0 Å². The maximum atomic E-state index is 9.24. The van der Waals surface area contributed by atoms with Crippen LogP contribution in [0.15, 0.2) is 24.3 Å². The molecule has 2 heteroatoms. The Morgan fingerprint density at radius 2 is 1.93 bits per heavy atom. The van der Waals surface area contributed by atoms with Crippen LogP contribution in [0.2, 0.25) is 0 Å². The van der Waals surface area contributed by atoms with E-state index in [-0.39, 0.29) is 18.1 Å². The molecule has 0 fully saturated rings. The third kappa shape index (κ3) is 2.14. The highest BCUT2D eigenvalue weighted by Crippen LogP contribution is 2.31. The number of aliphatic hydroxyl groups excluding tert-OH is 1. The van der Waals surface area contributed by atoms with Gasteiger partial charge in [-0.2, -0.15) is 0 Å². The van der Waals surface area contributed by atoms with Crippen LogP contribution in [0, 0.1) is 12.3 Å². The standard InChI is InChI=1S/C12H19NO/c1-9-6-4-5-7-10(9)11(13)12(2,3)8-14/h4-7,11,14H,8,13H2,1-3H3/t11-/m1/s1. The lowest BCUT2D eigenvalue weighted by Gasteiger charge is -2.30. The zero-order chi connectivity index (χ0) is 10.8. The van der Waals surface area contributed by atoms with Crippen LogP contribution in [0.3, 0.4) is 0 Å². The maximum absolute atomic E-state index is 9.24. The minimum atomic E-state index is -0.272. The van der Waals surface area contributed by atoms with Gasteiger partial charge in [0.2, 0.25) is 0 Å². The first-order valence-corrected chi connectivity index (χ1v) is 4.91. The molecule has 2 nitrogen and oxygen atoms in total. The van der Waals surface area contributed by atoms with E-state index >= 15 is 0 Å². The molecule has 1 aromatic rings. The second-order valence-corrected chi connectivity index (χ2v) is 4.48. The van der Waals surface area contributed by atoms with E-state index in [2.05, 4.69) is 0 Å². The third-order valence-electron chi connectivity index (χ3n) is 2.77. The van der Waals surface area contributed by atoms with Gasteiger partial charge in [0.25, 0.3) is 0 Å². The molecule has 0 unspecified atom stereocenters. The van der Waals surface area contributed by atoms with Gasteiger partial charge in [-0.3, -0.25) is 0 Å². The fourth-order valence-corrected chi connectivity index (χ4v) is 1.46. The molecule has 0 aliphatic heterocycles. The molecule has 14 heavy (non-hydrogen) atoms. The summed E-state index contributed by atoms with van der Waals surface area (Å²) in [4.78, 5) is 0. The lowest BCUT2D eigenvalue weighted by Crippen LogP contribution is -2.32. The molecule has 0 saturated carbocycles. The molecule has 0 amide bonds. The van der Waals surface area contributed by atoms with E-state index in [9.17, 15) is 5.11 Å². The number of aliphatic hydroxyl groups is 1. The first kappa shape index (κ1) is 11.2. The summed E-state index contributed by atoms with van der Waals surface area (Å²) in [5.41, 5.74) is 8.15. The number of benzene rings is 1. The van der Waals surface area contributed by atoms with Crippen LogP contribution in [-0.2, 0) is 0 Å². The van der Waals surface area contributed by atoms with Crippen LogP contribution in [0.25, 0.3) is 0 Å². The fraction of sp³-hybridized carbons (Fsp3) is 0.500. The number of rotatable bonds is 3. The summed E-state index contributed by atoms with van der Waals surface area (Å²) < 4.78 is 0. The Balaban J connectivity index is 3.00. The molecule has 0 aliphatic carbocycles. The van der Waals surface area contributed by atoms with Gasteiger partial charge in [-0.25, -0.2) is 0 Å². The SMILES string of the molecule is Cc1ccccc1[C@@H](N)C(C)(C)CO. The Morgan fingerprint density at radius 1 is 1.36 bits per heavy atom. The van der Waals surface area contributed by atoms with E-state index in [0.717, 1.165) is 5.56 Å². The summed E-state index contributed by atoms with van der Waals surface area (Å²) in [6.07, 6.45) is 0. The number of aryl methyl sites for hydroxylation is 1. The van der Waals surface area contributed by atoms with Crippen molar-refractivity contribution >= 4 is 0 Å². The van der Waals surface area contributed by atoms with Crippen LogP contribution in [0.4, 0.5) is 0 Å². The van der Waals surface area contributed by atoms with Crippen molar-refractivity contribution in [3.8, 4) is 0 Å². The van der Waals surface area contributed by atoms with Crippen molar-refractivity contribution < 1.29 is 5.11 Å². The second-order valence-electron chi connectivity index (χ2n) is 4.48. The summed E-state index contributed by atoms with van der Waals surface area (Å²) >= 11 is 0. The molecule has 0 saturated heterocycles. The van der Waals surface area contributed by atoms with E-state index in [1.165, 1.54) is 5.56 Å². The number of hydrogen-bond donors (Lipinski definition) is 2. The fourth-order valence-electron chi connectivity index (χ4n) is 1.46. The lowest BCUT2D eigenvalue weighted by atomic mass is 9.80. The van der Waals surface area contributed by atoms with Crippen molar-refractivity contribution in [1.29, 1.82) is 0 Å². The van der Waals surface area contributed by atoms with Crippen molar-refractivity contribution in [3.63, 3.8) is 0 Å². The molecule has 3 N–H and O–H groups in total. The first-order chi connectivity index (χ1) is 6.49. The number of hydrogen-bond acceptors (Lipinski definition) is 2. The molecule has 1 rings (SSSR count). The highest BCUT2D eigenvalue weighted by Gasteiger charge is 2.27. The Morgan fingerprint density at radius 3 is 2.43 bits per heavy atom. The Hall–Kier alpha value is -0.860. The normalized spacial score (nSPS) is 14.1. The van der Waals surface area contributed by atoms with Crippen LogP contribution in [-0.4, -0.2) is 11.7 Å². The average molecular weight is 193 g/mol. The molecule has 0 spiro atoms. The highest BCUT2D eigenvalue weighted by molar-refractivity contribution is 5.29. The zero-order valence-corrected chi connectivity index (χ0v) is 9.12. The van der Waals surface area contributed by atoms with Crippen LogP contribution >= 0.6 is 0 Å². The van der Waals surface area contributed by atoms with Crippen LogP contribution in [0.1, 0.15) is 31.0 Å². The van der Waals surface area contributed by atoms with Crippen molar-refractivity contribution in [2.24, 2.45) is 11.1 Å². The van der Waals surface area contributed by atoms with Crippen molar-refractivity contribution in [3.05, 3.63) is 35.4 Å². The summed E-state index contributed by atoms with van der Waals surface area (Å²) in [7, 11) is 0. The minimum absolute atomic E-state index is 0.0997. The molecule has 0 bridgehead atoms. The summed E-state index contributed by atoms with van der Waals surface area (Å²) in [6.45, 7) is 6.10. The van der Waals surface area contributed by atoms with Gasteiger partial charge in [0, 0.05) is 18.1 Å². The Labute approximate surface area is 85.8 Å². The molecule has 78 valence electrons. The van der Waals surface area contributed by atoms with Gasteiger partial charge in [-0.15, -0.1) is 0 Å². The van der Waals surface area contributed by atoms with Crippen LogP contribution in [0.5, 0.6) is 0 Å². The molecule has 0 radical (unpaired) electrons. The minimum Gasteiger partial charge on any atom is -0.396 e. The topological polar surface area (TPSA) is 46.2 Å². The lowest BCUT2D eigenvalue weighted by molar-refractivity contribution is 0.132. The molecule has 0 aromatic heterocycles. The summed E-state index contributed by atoms with van der Waals surface area (Å²) in [5.74, 6) is 0. The van der Waals surface area contributed by atoms with Crippen molar-refractivity contribution in [2.45, 2.75) is 26.8 Å². The van der Waals surface area contributed by atoms with E-state index in [4.69, 9.17) is 5.73 Å². The van der Waals surface area contributed by atoms with Crippen LogP contribution < -0.4 is 5.73 Å². The van der Waals surface area contributed by atoms with E-state index in [0.29, 0.717) is 0 Å². The zero-order valence-electron chi connectivity index (χ0n) is 9.12. The second kappa shape index (κ2) is 4.11. The van der Waals surface area contributed by atoms with Gasteiger partial charge < -0.3 is 10.8 Å².